The molecule has 2 heterocycles. The van der Waals surface area contributed by atoms with E-state index in [4.69, 9.17) is 9.47 Å². The lowest BCUT2D eigenvalue weighted by atomic mass is 10.1. The summed E-state index contributed by atoms with van der Waals surface area (Å²) in [6.07, 6.45) is 1.59. The Labute approximate surface area is 148 Å². The van der Waals surface area contributed by atoms with Crippen LogP contribution in [-0.4, -0.2) is 30.1 Å². The Hall–Kier alpha value is -2.61. The first-order chi connectivity index (χ1) is 12.2. The molecule has 0 saturated carbocycles. The van der Waals surface area contributed by atoms with Gasteiger partial charge >= 0.3 is 0 Å². The fourth-order valence-electron chi connectivity index (χ4n) is 3.04. The van der Waals surface area contributed by atoms with Crippen LogP contribution in [0.3, 0.4) is 0 Å². The summed E-state index contributed by atoms with van der Waals surface area (Å²) in [6.45, 7) is 2.66. The molecule has 0 spiro atoms. The molecule has 25 heavy (non-hydrogen) atoms. The van der Waals surface area contributed by atoms with Gasteiger partial charge in [0.25, 0.3) is 5.91 Å². The first kappa shape index (κ1) is 15.9. The molecule has 0 radical (unpaired) electrons. The maximum absolute atomic E-state index is 12.4. The van der Waals surface area contributed by atoms with Gasteiger partial charge in [-0.05, 0) is 38.0 Å². The summed E-state index contributed by atoms with van der Waals surface area (Å²) in [6, 6.07) is 5.04. The minimum Gasteiger partial charge on any atom is -0.454 e. The summed E-state index contributed by atoms with van der Waals surface area (Å²) in [7, 11) is 0. The van der Waals surface area contributed by atoms with Crippen LogP contribution in [0.2, 0.25) is 0 Å². The Kier molecular flexibility index (Phi) is 4.04. The molecule has 7 nitrogen and oxygen atoms in total. The van der Waals surface area contributed by atoms with Crippen LogP contribution in [0, 0.1) is 0 Å². The molecule has 130 valence electrons. The topological polar surface area (TPSA) is 89.6 Å². The second kappa shape index (κ2) is 6.36. The van der Waals surface area contributed by atoms with Crippen molar-refractivity contribution in [3.8, 4) is 11.5 Å². The van der Waals surface area contributed by atoms with Crippen molar-refractivity contribution in [3.63, 3.8) is 0 Å². The number of anilines is 1. The number of hydrogen-bond acceptors (Lipinski definition) is 6. The summed E-state index contributed by atoms with van der Waals surface area (Å²) in [5.74, 6) is 0.711. The van der Waals surface area contributed by atoms with Gasteiger partial charge in [-0.1, -0.05) is 0 Å². The lowest BCUT2D eigenvalue weighted by Gasteiger charge is -2.08. The van der Waals surface area contributed by atoms with Crippen LogP contribution in [0.1, 0.15) is 40.2 Å². The predicted molar refractivity (Wildman–Crippen MR) is 92.4 cm³/mol. The van der Waals surface area contributed by atoms with E-state index in [-0.39, 0.29) is 24.5 Å². The van der Waals surface area contributed by atoms with Gasteiger partial charge in [-0.2, -0.15) is 0 Å². The standard InChI is InChI=1S/C17H17N3O4S/c1-2-18-16(22)10-4-6-13-14(10)19-17(25-13)20-15(21)9-3-5-11-12(7-9)24-8-23-11/h3,5,7,10H,2,4,6,8H2,1H3,(H,18,22)(H,19,20,21). The molecule has 2 aromatic rings. The van der Waals surface area contributed by atoms with E-state index in [9.17, 15) is 9.59 Å². The van der Waals surface area contributed by atoms with E-state index in [0.29, 0.717) is 28.7 Å². The highest BCUT2D eigenvalue weighted by atomic mass is 32.1. The SMILES string of the molecule is CCNC(=O)C1CCc2sc(NC(=O)c3ccc4c(c3)OCO4)nc21. The minimum atomic E-state index is -0.264. The van der Waals surface area contributed by atoms with Gasteiger partial charge in [-0.3, -0.25) is 14.9 Å². The first-order valence-electron chi connectivity index (χ1n) is 8.14. The number of carbonyl (C=O) groups excluding carboxylic acids is 2. The van der Waals surface area contributed by atoms with Crippen molar-refractivity contribution in [2.45, 2.75) is 25.7 Å². The van der Waals surface area contributed by atoms with Gasteiger partial charge in [0.1, 0.15) is 0 Å². The summed E-state index contributed by atoms with van der Waals surface area (Å²) in [4.78, 5) is 30.1. The van der Waals surface area contributed by atoms with E-state index >= 15 is 0 Å². The number of hydrogen-bond donors (Lipinski definition) is 2. The smallest absolute Gasteiger partial charge is 0.257 e. The number of thiazole rings is 1. The largest absolute Gasteiger partial charge is 0.454 e. The highest BCUT2D eigenvalue weighted by Gasteiger charge is 2.32. The minimum absolute atomic E-state index is 0.000183. The monoisotopic (exact) mass is 359 g/mol. The zero-order chi connectivity index (χ0) is 17.4. The fraction of sp³-hybridized carbons (Fsp3) is 0.353. The molecule has 0 fully saturated rings. The summed E-state index contributed by atoms with van der Waals surface area (Å²) < 4.78 is 10.5. The van der Waals surface area contributed by atoms with Crippen molar-refractivity contribution in [1.82, 2.24) is 10.3 Å². The van der Waals surface area contributed by atoms with Crippen LogP contribution in [0.25, 0.3) is 0 Å². The second-order valence-electron chi connectivity index (χ2n) is 5.84. The van der Waals surface area contributed by atoms with Crippen LogP contribution in [0.4, 0.5) is 5.13 Å². The Morgan fingerprint density at radius 3 is 3.00 bits per heavy atom. The van der Waals surface area contributed by atoms with E-state index in [1.54, 1.807) is 18.2 Å². The van der Waals surface area contributed by atoms with Gasteiger partial charge < -0.3 is 14.8 Å². The molecule has 1 aliphatic carbocycles. The molecule has 1 atom stereocenters. The van der Waals surface area contributed by atoms with Gasteiger partial charge in [0.15, 0.2) is 16.6 Å². The van der Waals surface area contributed by atoms with Gasteiger partial charge in [0, 0.05) is 17.0 Å². The molecular formula is C17H17N3O4S. The Morgan fingerprint density at radius 2 is 2.16 bits per heavy atom. The van der Waals surface area contributed by atoms with Gasteiger partial charge in [-0.25, -0.2) is 4.98 Å². The third-order valence-corrected chi connectivity index (χ3v) is 5.29. The van der Waals surface area contributed by atoms with Crippen LogP contribution in [-0.2, 0) is 11.2 Å². The van der Waals surface area contributed by atoms with Crippen molar-refractivity contribution in [2.75, 3.05) is 18.7 Å². The van der Waals surface area contributed by atoms with E-state index < -0.39 is 0 Å². The number of nitrogens with zero attached hydrogens (tertiary/aromatic N) is 1. The molecular weight excluding hydrogens is 342 g/mol. The van der Waals surface area contributed by atoms with Crippen LogP contribution >= 0.6 is 11.3 Å². The zero-order valence-corrected chi connectivity index (χ0v) is 14.4. The average Bonchev–Trinajstić information content (AvgIpc) is 3.28. The van der Waals surface area contributed by atoms with E-state index in [0.717, 1.165) is 23.4 Å². The molecule has 0 saturated heterocycles. The molecule has 1 aromatic heterocycles. The van der Waals surface area contributed by atoms with Crippen molar-refractivity contribution in [2.24, 2.45) is 0 Å². The fourth-order valence-corrected chi connectivity index (χ4v) is 4.07. The molecule has 2 N–H and O–H groups in total. The van der Waals surface area contributed by atoms with Gasteiger partial charge in [0.2, 0.25) is 12.7 Å². The zero-order valence-electron chi connectivity index (χ0n) is 13.6. The predicted octanol–water partition coefficient (Wildman–Crippen LogP) is 2.29. The molecule has 2 aliphatic rings. The lowest BCUT2D eigenvalue weighted by Crippen LogP contribution is -2.28. The number of fused-ring (bicyclic) bond motifs is 2. The highest BCUT2D eigenvalue weighted by molar-refractivity contribution is 7.16. The molecule has 1 unspecified atom stereocenters. The summed E-state index contributed by atoms with van der Waals surface area (Å²) >= 11 is 1.43. The highest BCUT2D eigenvalue weighted by Crippen LogP contribution is 2.38. The molecule has 1 aromatic carbocycles. The summed E-state index contributed by atoms with van der Waals surface area (Å²) in [5, 5.41) is 6.17. The molecule has 4 rings (SSSR count). The van der Waals surface area contributed by atoms with E-state index in [1.165, 1.54) is 11.3 Å². The lowest BCUT2D eigenvalue weighted by molar-refractivity contribution is -0.122. The Bertz CT molecular complexity index is 848. The van der Waals surface area contributed by atoms with Crippen LogP contribution < -0.4 is 20.1 Å². The number of benzene rings is 1. The number of carbonyl (C=O) groups is 2. The Morgan fingerprint density at radius 1 is 1.32 bits per heavy atom. The number of nitrogens with one attached hydrogen (secondary N) is 2. The van der Waals surface area contributed by atoms with Gasteiger partial charge in [0.05, 0.1) is 11.6 Å². The van der Waals surface area contributed by atoms with Gasteiger partial charge in [-0.15, -0.1) is 11.3 Å². The van der Waals surface area contributed by atoms with Crippen molar-refractivity contribution >= 4 is 28.3 Å². The molecule has 0 bridgehead atoms. The first-order valence-corrected chi connectivity index (χ1v) is 8.95. The summed E-state index contributed by atoms with van der Waals surface area (Å²) in [5.41, 5.74) is 1.26. The quantitative estimate of drug-likeness (QED) is 0.874. The number of amides is 2. The maximum Gasteiger partial charge on any atom is 0.257 e. The van der Waals surface area contributed by atoms with Crippen LogP contribution in [0.15, 0.2) is 18.2 Å². The number of likely N-dealkylation sites (N-methyl/N-ethyl adjacent to an activating group) is 1. The van der Waals surface area contributed by atoms with Crippen LogP contribution in [0.5, 0.6) is 11.5 Å². The van der Waals surface area contributed by atoms with Crippen molar-refractivity contribution in [3.05, 3.63) is 34.3 Å². The third kappa shape index (κ3) is 2.93. The third-order valence-electron chi connectivity index (χ3n) is 4.24. The number of ether oxygens (including phenoxy) is 2. The number of aromatic nitrogens is 1. The number of aryl methyl sites for hydroxylation is 1. The van der Waals surface area contributed by atoms with E-state index in [1.807, 2.05) is 6.92 Å². The van der Waals surface area contributed by atoms with E-state index in [2.05, 4.69) is 15.6 Å². The number of rotatable bonds is 4. The van der Waals surface area contributed by atoms with Crippen molar-refractivity contribution in [1.29, 1.82) is 0 Å². The molecule has 1 aliphatic heterocycles. The molecule has 2 amide bonds. The normalized spacial score (nSPS) is 17.2. The van der Waals surface area contributed by atoms with Crippen molar-refractivity contribution < 1.29 is 19.1 Å². The second-order valence-corrected chi connectivity index (χ2v) is 6.92. The molecule has 8 heteroatoms. The maximum atomic E-state index is 12.4. The Balaban J connectivity index is 1.50. The average molecular weight is 359 g/mol.